The van der Waals surface area contributed by atoms with Gasteiger partial charge in [-0.3, -0.25) is 0 Å². The van der Waals surface area contributed by atoms with E-state index in [-0.39, 0.29) is 24.8 Å². The summed E-state index contributed by atoms with van der Waals surface area (Å²) in [6.45, 7) is 0.0758. The van der Waals surface area contributed by atoms with E-state index in [9.17, 15) is 18.6 Å². The van der Waals surface area contributed by atoms with Crippen molar-refractivity contribution < 1.29 is 18.6 Å². The normalized spacial score (nSPS) is 33.1. The SMILES string of the molecule is O=S(=O)(CC1CCCCC1)N1C[C@@H](O)[C@@H](O)C1. The minimum atomic E-state index is -3.31. The monoisotopic (exact) mass is 263 g/mol. The smallest absolute Gasteiger partial charge is 0.214 e. The molecule has 1 saturated carbocycles. The summed E-state index contributed by atoms with van der Waals surface area (Å²) in [6, 6.07) is 0. The van der Waals surface area contributed by atoms with Crippen LogP contribution >= 0.6 is 0 Å². The molecule has 1 aliphatic heterocycles. The molecule has 0 amide bonds. The second-order valence-corrected chi connectivity index (χ2v) is 7.25. The van der Waals surface area contributed by atoms with Gasteiger partial charge in [0.1, 0.15) is 0 Å². The fourth-order valence-corrected chi connectivity index (χ4v) is 4.62. The molecule has 1 heterocycles. The van der Waals surface area contributed by atoms with E-state index in [2.05, 4.69) is 0 Å². The van der Waals surface area contributed by atoms with Gasteiger partial charge in [-0.2, -0.15) is 4.31 Å². The largest absolute Gasteiger partial charge is 0.389 e. The van der Waals surface area contributed by atoms with E-state index in [1.807, 2.05) is 0 Å². The molecule has 0 radical (unpaired) electrons. The molecule has 2 fully saturated rings. The highest BCUT2D eigenvalue weighted by Crippen LogP contribution is 2.26. The van der Waals surface area contributed by atoms with Crippen molar-refractivity contribution in [1.82, 2.24) is 4.31 Å². The first kappa shape index (κ1) is 13.3. The molecule has 2 N–H and O–H groups in total. The minimum absolute atomic E-state index is 0.0379. The number of rotatable bonds is 3. The molecule has 0 bridgehead atoms. The Hall–Kier alpha value is -0.170. The maximum atomic E-state index is 12.1. The molecule has 6 heteroatoms. The Morgan fingerprint density at radius 2 is 1.53 bits per heavy atom. The molecule has 0 aromatic rings. The molecule has 100 valence electrons. The maximum Gasteiger partial charge on any atom is 0.214 e. The Labute approximate surface area is 102 Å². The molecule has 2 aliphatic rings. The lowest BCUT2D eigenvalue weighted by Crippen LogP contribution is -2.35. The first-order chi connectivity index (χ1) is 7.99. The van der Waals surface area contributed by atoms with Gasteiger partial charge in [0.15, 0.2) is 0 Å². The van der Waals surface area contributed by atoms with E-state index in [0.717, 1.165) is 25.7 Å². The highest BCUT2D eigenvalue weighted by Gasteiger charge is 2.37. The van der Waals surface area contributed by atoms with Gasteiger partial charge in [0, 0.05) is 13.1 Å². The molecule has 2 rings (SSSR count). The van der Waals surface area contributed by atoms with Gasteiger partial charge >= 0.3 is 0 Å². The standard InChI is InChI=1S/C11H21NO4S/c13-10-6-12(7-11(10)14)17(15,16)8-9-4-2-1-3-5-9/h9-11,13-14H,1-8H2/t10-,11+. The third-order valence-corrected chi connectivity index (χ3v) is 5.77. The van der Waals surface area contributed by atoms with Crippen LogP contribution in [-0.2, 0) is 10.0 Å². The van der Waals surface area contributed by atoms with Crippen LogP contribution in [0.1, 0.15) is 32.1 Å². The fourth-order valence-electron chi connectivity index (χ4n) is 2.72. The molecule has 0 aromatic heterocycles. The molecule has 2 atom stereocenters. The van der Waals surface area contributed by atoms with Gasteiger partial charge in [-0.15, -0.1) is 0 Å². The Morgan fingerprint density at radius 3 is 2.06 bits per heavy atom. The highest BCUT2D eigenvalue weighted by molar-refractivity contribution is 7.89. The van der Waals surface area contributed by atoms with Crippen LogP contribution in [0.5, 0.6) is 0 Å². The van der Waals surface area contributed by atoms with Crippen molar-refractivity contribution in [3.05, 3.63) is 0 Å². The summed E-state index contributed by atoms with van der Waals surface area (Å²) in [5.74, 6) is 0.426. The lowest BCUT2D eigenvalue weighted by Gasteiger charge is -2.24. The second-order valence-electron chi connectivity index (χ2n) is 5.23. The minimum Gasteiger partial charge on any atom is -0.389 e. The quantitative estimate of drug-likeness (QED) is 0.747. The predicted molar refractivity (Wildman–Crippen MR) is 63.9 cm³/mol. The van der Waals surface area contributed by atoms with Crippen molar-refractivity contribution in [1.29, 1.82) is 0 Å². The first-order valence-corrected chi connectivity index (χ1v) is 7.94. The van der Waals surface area contributed by atoms with Crippen LogP contribution in [0.2, 0.25) is 0 Å². The van der Waals surface area contributed by atoms with E-state index in [0.29, 0.717) is 0 Å². The summed E-state index contributed by atoms with van der Waals surface area (Å²) >= 11 is 0. The summed E-state index contributed by atoms with van der Waals surface area (Å²) in [6.07, 6.45) is 3.54. The summed E-state index contributed by atoms with van der Waals surface area (Å²) < 4.78 is 25.4. The average Bonchev–Trinajstić information content (AvgIpc) is 2.61. The van der Waals surface area contributed by atoms with Crippen molar-refractivity contribution >= 4 is 10.0 Å². The van der Waals surface area contributed by atoms with Crippen molar-refractivity contribution in [2.24, 2.45) is 5.92 Å². The van der Waals surface area contributed by atoms with Crippen LogP contribution < -0.4 is 0 Å². The number of aliphatic hydroxyl groups is 2. The average molecular weight is 263 g/mol. The van der Waals surface area contributed by atoms with Gasteiger partial charge in [0.05, 0.1) is 18.0 Å². The van der Waals surface area contributed by atoms with Gasteiger partial charge in [-0.05, 0) is 18.8 Å². The zero-order chi connectivity index (χ0) is 12.5. The molecule has 0 aromatic carbocycles. The van der Waals surface area contributed by atoms with Crippen LogP contribution in [0.3, 0.4) is 0 Å². The van der Waals surface area contributed by atoms with E-state index in [4.69, 9.17) is 0 Å². The lowest BCUT2D eigenvalue weighted by molar-refractivity contribution is 0.0572. The number of sulfonamides is 1. The highest BCUT2D eigenvalue weighted by atomic mass is 32.2. The van der Waals surface area contributed by atoms with Crippen LogP contribution in [0.15, 0.2) is 0 Å². The van der Waals surface area contributed by atoms with Gasteiger partial charge < -0.3 is 10.2 Å². The topological polar surface area (TPSA) is 77.8 Å². The molecule has 0 spiro atoms. The zero-order valence-corrected chi connectivity index (χ0v) is 10.8. The van der Waals surface area contributed by atoms with Gasteiger partial charge in [0.25, 0.3) is 0 Å². The molecule has 0 unspecified atom stereocenters. The fraction of sp³-hybridized carbons (Fsp3) is 1.00. The van der Waals surface area contributed by atoms with Crippen molar-refractivity contribution in [3.8, 4) is 0 Å². The summed E-state index contributed by atoms with van der Waals surface area (Å²) in [5, 5.41) is 18.8. The van der Waals surface area contributed by atoms with Crippen LogP contribution in [0, 0.1) is 5.92 Å². The summed E-state index contributed by atoms with van der Waals surface area (Å²) in [5.41, 5.74) is 0. The lowest BCUT2D eigenvalue weighted by atomic mass is 9.91. The van der Waals surface area contributed by atoms with Gasteiger partial charge in [0.2, 0.25) is 10.0 Å². The molecule has 17 heavy (non-hydrogen) atoms. The van der Waals surface area contributed by atoms with E-state index in [1.165, 1.54) is 10.7 Å². The van der Waals surface area contributed by atoms with Crippen molar-refractivity contribution in [3.63, 3.8) is 0 Å². The number of hydrogen-bond donors (Lipinski definition) is 2. The molecule has 1 aliphatic carbocycles. The summed E-state index contributed by atoms with van der Waals surface area (Å²) in [7, 11) is -3.31. The van der Waals surface area contributed by atoms with Crippen molar-refractivity contribution in [2.45, 2.75) is 44.3 Å². The second kappa shape index (κ2) is 5.22. The Kier molecular flexibility index (Phi) is 4.07. The Morgan fingerprint density at radius 1 is 1.00 bits per heavy atom. The Balaban J connectivity index is 1.94. The van der Waals surface area contributed by atoms with Crippen molar-refractivity contribution in [2.75, 3.05) is 18.8 Å². The molecule has 1 saturated heterocycles. The van der Waals surface area contributed by atoms with E-state index < -0.39 is 22.2 Å². The van der Waals surface area contributed by atoms with Crippen LogP contribution in [-0.4, -0.2) is 54.0 Å². The zero-order valence-electron chi connectivity index (χ0n) is 9.96. The Bertz CT molecular complexity index is 340. The molecular formula is C11H21NO4S. The maximum absolute atomic E-state index is 12.1. The number of hydrogen-bond acceptors (Lipinski definition) is 4. The summed E-state index contributed by atoms with van der Waals surface area (Å²) in [4.78, 5) is 0. The third kappa shape index (κ3) is 3.19. The van der Waals surface area contributed by atoms with Gasteiger partial charge in [-0.1, -0.05) is 19.3 Å². The van der Waals surface area contributed by atoms with Crippen LogP contribution in [0.4, 0.5) is 0 Å². The predicted octanol–water partition coefficient (Wildman–Crippen LogP) is -0.0661. The van der Waals surface area contributed by atoms with Crippen LogP contribution in [0.25, 0.3) is 0 Å². The number of β-amino-alcohol motifs (C(OH)–C–C–N with tert-alkyl or cyclic N) is 2. The number of nitrogens with zero attached hydrogens (tertiary/aromatic N) is 1. The van der Waals surface area contributed by atoms with E-state index in [1.54, 1.807) is 0 Å². The first-order valence-electron chi connectivity index (χ1n) is 6.33. The van der Waals surface area contributed by atoms with Gasteiger partial charge in [-0.25, -0.2) is 8.42 Å². The number of aliphatic hydroxyl groups excluding tert-OH is 2. The molecular weight excluding hydrogens is 242 g/mol. The van der Waals surface area contributed by atoms with E-state index >= 15 is 0 Å². The third-order valence-electron chi connectivity index (χ3n) is 3.79. The molecule has 5 nitrogen and oxygen atoms in total.